The molecule has 0 aliphatic heterocycles. The van der Waals surface area contributed by atoms with Crippen LogP contribution in [0.25, 0.3) is 0 Å². The molecule has 0 fully saturated rings. The first-order valence-corrected chi connectivity index (χ1v) is 9.19. The number of methoxy groups -OCH3 is 1. The molecule has 1 rings (SSSR count). The molecule has 0 aliphatic carbocycles. The third kappa shape index (κ3) is 4.82. The molecule has 0 heterocycles. The third-order valence-corrected chi connectivity index (χ3v) is 4.86. The topological polar surface area (TPSA) is 38.3 Å². The van der Waals surface area contributed by atoms with Gasteiger partial charge in [0.1, 0.15) is 5.75 Å². The molecule has 0 radical (unpaired) electrons. The first-order valence-electron chi connectivity index (χ1n) is 8.81. The lowest BCUT2D eigenvalue weighted by Gasteiger charge is -2.42. The average Bonchev–Trinajstić information content (AvgIpc) is 2.75. The minimum atomic E-state index is -8.63. The summed E-state index contributed by atoms with van der Waals surface area (Å²) >= 11 is 3.43. The van der Waals surface area contributed by atoms with E-state index in [1.807, 2.05) is 0 Å². The van der Waals surface area contributed by atoms with Crippen LogP contribution in [0.15, 0.2) is 24.3 Å². The number of rotatable bonds is 11. The zero-order chi connectivity index (χ0) is 29.7. The number of carbonyl (C=O) groups is 1. The van der Waals surface area contributed by atoms with Crippen molar-refractivity contribution in [2.24, 2.45) is 0 Å². The van der Waals surface area contributed by atoms with Crippen molar-refractivity contribution in [3.63, 3.8) is 0 Å². The third-order valence-electron chi connectivity index (χ3n) is 4.62. The highest BCUT2D eigenvalue weighted by Gasteiger charge is 2.95. The van der Waals surface area contributed by atoms with Gasteiger partial charge in [0, 0.05) is 6.54 Å². The van der Waals surface area contributed by atoms with Crippen LogP contribution in [0.1, 0.15) is 5.56 Å². The zero-order valence-corrected chi connectivity index (χ0v) is 18.0. The normalized spacial score (nSPS) is 15.0. The molecule has 0 aliphatic rings. The first-order chi connectivity index (χ1) is 16.2. The lowest BCUT2D eigenvalue weighted by molar-refractivity contribution is -0.446. The van der Waals surface area contributed by atoms with Crippen molar-refractivity contribution in [1.29, 1.82) is 0 Å². The van der Waals surface area contributed by atoms with Crippen molar-refractivity contribution in [3.05, 3.63) is 29.8 Å². The van der Waals surface area contributed by atoms with Crippen molar-refractivity contribution in [2.75, 3.05) is 7.11 Å². The second kappa shape index (κ2) is 9.44. The predicted molar refractivity (Wildman–Crippen MR) is 90.3 cm³/mol. The molecule has 0 aromatic heterocycles. The number of carbonyl (C=O) groups excluding carboxylic acids is 1. The van der Waals surface area contributed by atoms with Crippen LogP contribution in [0.5, 0.6) is 5.75 Å². The Morgan fingerprint density at radius 2 is 1.03 bits per heavy atom. The van der Waals surface area contributed by atoms with Crippen molar-refractivity contribution in [2.45, 2.75) is 53.4 Å². The summed E-state index contributed by atoms with van der Waals surface area (Å²) in [7, 11) is 1.16. The summed E-state index contributed by atoms with van der Waals surface area (Å²) in [5, 5.41) is -6.00. The second-order valence-electron chi connectivity index (χ2n) is 7.05. The van der Waals surface area contributed by atoms with E-state index in [9.17, 15) is 75.0 Å². The Balaban J connectivity index is 3.42. The minimum Gasteiger partial charge on any atom is -0.497 e. The molecule has 0 saturated heterocycles. The number of hydrogen-bond acceptors (Lipinski definition) is 2. The van der Waals surface area contributed by atoms with Gasteiger partial charge in [-0.15, -0.1) is 0 Å². The van der Waals surface area contributed by atoms with Gasteiger partial charge in [0.2, 0.25) is 0 Å². The SMILES string of the molecule is COc1ccc(CNC(=O)C(F)(F)C(F)(F)C(F)(F)C(F)(F)C(F)(F)C(F)(F)C(F)(F)C(F)(F)Cl)cc1. The predicted octanol–water partition coefficient (Wildman–Crippen LogP) is 6.59. The van der Waals surface area contributed by atoms with Crippen molar-refractivity contribution >= 4 is 17.5 Å². The van der Waals surface area contributed by atoms with Gasteiger partial charge in [0.15, 0.2) is 0 Å². The van der Waals surface area contributed by atoms with Gasteiger partial charge in [-0.2, -0.15) is 70.2 Å². The van der Waals surface area contributed by atoms with Gasteiger partial charge in [-0.1, -0.05) is 12.1 Å². The minimum absolute atomic E-state index is 0.129. The number of ether oxygens (including phenoxy) is 1. The largest absolute Gasteiger partial charge is 0.497 e. The van der Waals surface area contributed by atoms with Crippen molar-refractivity contribution < 1.29 is 79.8 Å². The molecule has 1 amide bonds. The fraction of sp³-hybridized carbons (Fsp3) is 0.588. The summed E-state index contributed by atoms with van der Waals surface area (Å²) in [5.74, 6) is -60.4. The maximum atomic E-state index is 13.8. The van der Waals surface area contributed by atoms with E-state index in [4.69, 9.17) is 0 Å². The van der Waals surface area contributed by atoms with Gasteiger partial charge in [0.25, 0.3) is 5.91 Å². The highest BCUT2D eigenvalue weighted by molar-refractivity contribution is 6.22. The molecule has 1 aromatic carbocycles. The molecule has 0 spiro atoms. The summed E-state index contributed by atoms with van der Waals surface area (Å²) in [6.07, 6.45) is 0. The van der Waals surface area contributed by atoms with Gasteiger partial charge in [-0.05, 0) is 29.3 Å². The summed E-state index contributed by atoms with van der Waals surface area (Å²) in [6, 6.07) is 4.16. The highest BCUT2D eigenvalue weighted by Crippen LogP contribution is 2.64. The number of halogens is 17. The standard InChI is InChI=1S/C17H10ClF16NO2/c1-37-8-4-2-7(3-5-8)6-35-9(36)10(19,20)11(21,22)12(23,24)13(25,26)14(27,28)15(29,30)16(31,32)17(18,33)34/h2-5H,6H2,1H3,(H,35,36). The number of benzene rings is 1. The Bertz CT molecular complexity index is 975. The van der Waals surface area contributed by atoms with E-state index in [-0.39, 0.29) is 11.3 Å². The first kappa shape index (κ1) is 32.7. The number of alkyl halides is 17. The van der Waals surface area contributed by atoms with Gasteiger partial charge in [0.05, 0.1) is 7.11 Å². The molecule has 3 nitrogen and oxygen atoms in total. The Labute approximate surface area is 199 Å². The second-order valence-corrected chi connectivity index (χ2v) is 7.52. The van der Waals surface area contributed by atoms with Crippen molar-refractivity contribution in [3.8, 4) is 5.75 Å². The van der Waals surface area contributed by atoms with E-state index in [1.54, 1.807) is 0 Å². The summed E-state index contributed by atoms with van der Waals surface area (Å²) < 4.78 is 219. The molecular formula is C17H10ClF16NO2. The molecule has 0 saturated carbocycles. The number of hydrogen-bond donors (Lipinski definition) is 1. The van der Waals surface area contributed by atoms with Gasteiger partial charge < -0.3 is 10.1 Å². The Kier molecular flexibility index (Phi) is 8.34. The van der Waals surface area contributed by atoms with Crippen LogP contribution in [0.3, 0.4) is 0 Å². The summed E-state index contributed by atoms with van der Waals surface area (Å²) in [6.45, 7) is -1.21. The Morgan fingerprint density at radius 1 is 0.676 bits per heavy atom. The van der Waals surface area contributed by atoms with E-state index in [1.165, 1.54) is 0 Å². The maximum absolute atomic E-state index is 13.8. The molecular weight excluding hydrogens is 590 g/mol. The summed E-state index contributed by atoms with van der Waals surface area (Å²) in [4.78, 5) is 11.4. The molecule has 1 aromatic rings. The molecule has 20 heteroatoms. The van der Waals surface area contributed by atoms with Crippen LogP contribution in [0.4, 0.5) is 70.2 Å². The van der Waals surface area contributed by atoms with E-state index < -0.39 is 59.3 Å². The van der Waals surface area contributed by atoms with Crippen LogP contribution in [-0.2, 0) is 11.3 Å². The number of nitrogens with one attached hydrogen (secondary N) is 1. The van der Waals surface area contributed by atoms with Crippen LogP contribution in [0.2, 0.25) is 0 Å². The molecule has 0 bridgehead atoms. The highest BCUT2D eigenvalue weighted by atomic mass is 35.5. The monoisotopic (exact) mass is 599 g/mol. The van der Waals surface area contributed by atoms with Gasteiger partial charge >= 0.3 is 46.8 Å². The number of amides is 1. The lowest BCUT2D eigenvalue weighted by atomic mass is 9.89. The maximum Gasteiger partial charge on any atom is 0.393 e. The van der Waals surface area contributed by atoms with E-state index in [2.05, 4.69) is 16.3 Å². The molecule has 0 unspecified atom stereocenters. The average molecular weight is 600 g/mol. The smallest absolute Gasteiger partial charge is 0.393 e. The van der Waals surface area contributed by atoms with Crippen LogP contribution < -0.4 is 10.1 Å². The Morgan fingerprint density at radius 3 is 1.38 bits per heavy atom. The van der Waals surface area contributed by atoms with E-state index >= 15 is 0 Å². The fourth-order valence-corrected chi connectivity index (χ4v) is 2.46. The molecule has 214 valence electrons. The molecule has 1 N–H and O–H groups in total. The van der Waals surface area contributed by atoms with E-state index in [0.717, 1.165) is 36.7 Å². The van der Waals surface area contributed by atoms with Gasteiger partial charge in [-0.25, -0.2) is 0 Å². The van der Waals surface area contributed by atoms with Gasteiger partial charge in [-0.3, -0.25) is 4.79 Å². The van der Waals surface area contributed by atoms with Crippen LogP contribution in [-0.4, -0.2) is 59.9 Å². The van der Waals surface area contributed by atoms with Crippen LogP contribution in [0, 0.1) is 0 Å². The van der Waals surface area contributed by atoms with Crippen LogP contribution >= 0.6 is 11.6 Å². The Hall–Kier alpha value is -2.34. The quantitative estimate of drug-likeness (QED) is 0.230. The summed E-state index contributed by atoms with van der Waals surface area (Å²) in [5.41, 5.74) is -0.235. The molecule has 37 heavy (non-hydrogen) atoms. The lowest BCUT2D eigenvalue weighted by Crippen LogP contribution is -2.75. The van der Waals surface area contributed by atoms with E-state index in [0.29, 0.717) is 0 Å². The fourth-order valence-electron chi connectivity index (χ4n) is 2.34. The molecule has 0 atom stereocenters. The zero-order valence-electron chi connectivity index (χ0n) is 17.3. The van der Waals surface area contributed by atoms with Crippen molar-refractivity contribution in [1.82, 2.24) is 5.32 Å².